The van der Waals surface area contributed by atoms with Crippen molar-refractivity contribution in [3.8, 4) is 0 Å². The Labute approximate surface area is 91.1 Å². The Kier molecular flexibility index (Phi) is 3.08. The van der Waals surface area contributed by atoms with Crippen LogP contribution >= 0.6 is 0 Å². The van der Waals surface area contributed by atoms with Crippen LogP contribution in [0.3, 0.4) is 0 Å². The summed E-state index contributed by atoms with van der Waals surface area (Å²) in [4.78, 5) is 0. The Morgan fingerprint density at radius 2 is 1.80 bits per heavy atom. The van der Waals surface area contributed by atoms with E-state index in [9.17, 15) is 5.11 Å². The van der Waals surface area contributed by atoms with Gasteiger partial charge in [-0.1, -0.05) is 43.2 Å². The van der Waals surface area contributed by atoms with Gasteiger partial charge in [0.15, 0.2) is 0 Å². The number of aliphatic hydroxyl groups excluding tert-OH is 1. The second-order valence-corrected chi connectivity index (χ2v) is 4.62. The van der Waals surface area contributed by atoms with Gasteiger partial charge in [0.1, 0.15) is 0 Å². The van der Waals surface area contributed by atoms with Crippen molar-refractivity contribution >= 4 is 0 Å². The number of nitrogens with two attached hydrogens (primary N) is 1. The predicted octanol–water partition coefficient (Wildman–Crippen LogP) is 2.24. The summed E-state index contributed by atoms with van der Waals surface area (Å²) in [7, 11) is 0. The lowest BCUT2D eigenvalue weighted by Gasteiger charge is -2.33. The fraction of sp³-hybridized carbons (Fsp3) is 0.538. The van der Waals surface area contributed by atoms with Gasteiger partial charge in [0.05, 0.1) is 6.61 Å². The standard InChI is InChI=1S/C13H19NO/c14-12(11-6-2-1-3-7-11)13(10-15)8-4-5-9-13/h1-3,6-7,12,15H,4-5,8-10,14H2/t12-/m0/s1. The predicted molar refractivity (Wildman–Crippen MR) is 61.4 cm³/mol. The zero-order valence-electron chi connectivity index (χ0n) is 9.02. The molecule has 15 heavy (non-hydrogen) atoms. The molecule has 0 unspecified atom stereocenters. The molecule has 1 saturated carbocycles. The van der Waals surface area contributed by atoms with E-state index in [4.69, 9.17) is 5.73 Å². The van der Waals surface area contributed by atoms with Crippen molar-refractivity contribution in [2.24, 2.45) is 11.1 Å². The van der Waals surface area contributed by atoms with Crippen molar-refractivity contribution in [1.29, 1.82) is 0 Å². The van der Waals surface area contributed by atoms with Gasteiger partial charge in [0, 0.05) is 11.5 Å². The number of benzene rings is 1. The monoisotopic (exact) mass is 205 g/mol. The summed E-state index contributed by atoms with van der Waals surface area (Å²) in [6.07, 6.45) is 4.50. The van der Waals surface area contributed by atoms with Crippen LogP contribution in [0.25, 0.3) is 0 Å². The molecule has 0 aromatic heterocycles. The lowest BCUT2D eigenvalue weighted by molar-refractivity contribution is 0.102. The Morgan fingerprint density at radius 3 is 2.33 bits per heavy atom. The second-order valence-electron chi connectivity index (χ2n) is 4.62. The third-order valence-electron chi connectivity index (χ3n) is 3.73. The summed E-state index contributed by atoms with van der Waals surface area (Å²) >= 11 is 0. The number of aliphatic hydroxyl groups is 1. The largest absolute Gasteiger partial charge is 0.396 e. The molecule has 3 N–H and O–H groups in total. The van der Waals surface area contributed by atoms with E-state index in [1.54, 1.807) is 0 Å². The van der Waals surface area contributed by atoms with Gasteiger partial charge in [0.2, 0.25) is 0 Å². The summed E-state index contributed by atoms with van der Waals surface area (Å²) in [6.45, 7) is 0.211. The fourth-order valence-corrected chi connectivity index (χ4v) is 2.66. The molecule has 2 heteroatoms. The van der Waals surface area contributed by atoms with Crippen molar-refractivity contribution in [2.45, 2.75) is 31.7 Å². The average Bonchev–Trinajstić information content (AvgIpc) is 2.79. The second kappa shape index (κ2) is 4.33. The minimum absolute atomic E-state index is 0.0220. The number of rotatable bonds is 3. The van der Waals surface area contributed by atoms with Gasteiger partial charge in [-0.2, -0.15) is 0 Å². The summed E-state index contributed by atoms with van der Waals surface area (Å²) < 4.78 is 0. The molecule has 0 radical (unpaired) electrons. The molecular weight excluding hydrogens is 186 g/mol. The van der Waals surface area contributed by atoms with Gasteiger partial charge in [-0.25, -0.2) is 0 Å². The Morgan fingerprint density at radius 1 is 1.20 bits per heavy atom. The molecule has 2 nitrogen and oxygen atoms in total. The van der Waals surface area contributed by atoms with E-state index in [2.05, 4.69) is 12.1 Å². The molecule has 0 amide bonds. The highest BCUT2D eigenvalue weighted by atomic mass is 16.3. The smallest absolute Gasteiger partial charge is 0.0505 e. The normalized spacial score (nSPS) is 21.5. The molecule has 0 saturated heterocycles. The lowest BCUT2D eigenvalue weighted by Crippen LogP contribution is -2.35. The molecule has 0 spiro atoms. The van der Waals surface area contributed by atoms with Crippen LogP contribution in [-0.4, -0.2) is 11.7 Å². The lowest BCUT2D eigenvalue weighted by atomic mass is 9.76. The molecular formula is C13H19NO. The molecule has 1 aliphatic rings. The molecule has 1 atom stereocenters. The van der Waals surface area contributed by atoms with Gasteiger partial charge in [-0.3, -0.25) is 0 Å². The van der Waals surface area contributed by atoms with Gasteiger partial charge in [-0.15, -0.1) is 0 Å². The van der Waals surface area contributed by atoms with Crippen LogP contribution in [0.2, 0.25) is 0 Å². The zero-order valence-corrected chi connectivity index (χ0v) is 9.02. The van der Waals surface area contributed by atoms with E-state index >= 15 is 0 Å². The maximum atomic E-state index is 9.57. The fourth-order valence-electron chi connectivity index (χ4n) is 2.66. The first-order valence-electron chi connectivity index (χ1n) is 5.70. The van der Waals surface area contributed by atoms with Crippen LogP contribution in [0.5, 0.6) is 0 Å². The highest BCUT2D eigenvalue weighted by Crippen LogP contribution is 2.45. The molecule has 2 rings (SSSR count). The zero-order chi connectivity index (χ0) is 10.7. The summed E-state index contributed by atoms with van der Waals surface area (Å²) in [6, 6.07) is 10.1. The summed E-state index contributed by atoms with van der Waals surface area (Å²) in [5.41, 5.74) is 7.36. The first kappa shape index (κ1) is 10.7. The third kappa shape index (κ3) is 1.92. The van der Waals surface area contributed by atoms with E-state index in [1.807, 2.05) is 18.2 Å². The Balaban J connectivity index is 2.22. The highest BCUT2D eigenvalue weighted by molar-refractivity contribution is 5.21. The van der Waals surface area contributed by atoms with E-state index < -0.39 is 0 Å². The van der Waals surface area contributed by atoms with Gasteiger partial charge in [-0.05, 0) is 18.4 Å². The van der Waals surface area contributed by atoms with E-state index in [0.717, 1.165) is 18.4 Å². The molecule has 0 heterocycles. The van der Waals surface area contributed by atoms with Crippen molar-refractivity contribution in [3.05, 3.63) is 35.9 Å². The summed E-state index contributed by atoms with van der Waals surface area (Å²) in [5, 5.41) is 9.57. The Hall–Kier alpha value is -0.860. The quantitative estimate of drug-likeness (QED) is 0.795. The molecule has 1 aromatic rings. The minimum Gasteiger partial charge on any atom is -0.396 e. The molecule has 0 aliphatic heterocycles. The summed E-state index contributed by atoms with van der Waals surface area (Å²) in [5.74, 6) is 0. The SMILES string of the molecule is N[C@@H](c1ccccc1)C1(CO)CCCC1. The minimum atomic E-state index is -0.0681. The van der Waals surface area contributed by atoms with Crippen molar-refractivity contribution in [1.82, 2.24) is 0 Å². The first-order chi connectivity index (χ1) is 7.28. The van der Waals surface area contributed by atoms with Crippen molar-refractivity contribution in [2.75, 3.05) is 6.61 Å². The van der Waals surface area contributed by atoms with Gasteiger partial charge in [0.25, 0.3) is 0 Å². The van der Waals surface area contributed by atoms with Crippen LogP contribution in [0, 0.1) is 5.41 Å². The van der Waals surface area contributed by atoms with E-state index in [1.165, 1.54) is 12.8 Å². The van der Waals surface area contributed by atoms with Crippen molar-refractivity contribution in [3.63, 3.8) is 0 Å². The van der Waals surface area contributed by atoms with E-state index in [0.29, 0.717) is 0 Å². The third-order valence-corrected chi connectivity index (χ3v) is 3.73. The van der Waals surface area contributed by atoms with Crippen LogP contribution in [0.1, 0.15) is 37.3 Å². The van der Waals surface area contributed by atoms with Crippen LogP contribution in [-0.2, 0) is 0 Å². The van der Waals surface area contributed by atoms with Gasteiger partial charge >= 0.3 is 0 Å². The maximum Gasteiger partial charge on any atom is 0.0505 e. The van der Waals surface area contributed by atoms with Gasteiger partial charge < -0.3 is 10.8 Å². The van der Waals surface area contributed by atoms with Crippen LogP contribution in [0.15, 0.2) is 30.3 Å². The number of hydrogen-bond donors (Lipinski definition) is 2. The number of hydrogen-bond acceptors (Lipinski definition) is 2. The molecule has 82 valence electrons. The first-order valence-corrected chi connectivity index (χ1v) is 5.70. The highest BCUT2D eigenvalue weighted by Gasteiger charge is 2.39. The van der Waals surface area contributed by atoms with E-state index in [-0.39, 0.29) is 18.1 Å². The van der Waals surface area contributed by atoms with Crippen LogP contribution < -0.4 is 5.73 Å². The molecule has 1 fully saturated rings. The molecule has 0 bridgehead atoms. The van der Waals surface area contributed by atoms with Crippen LogP contribution in [0.4, 0.5) is 0 Å². The topological polar surface area (TPSA) is 46.2 Å². The Bertz CT molecular complexity index is 304. The maximum absolute atomic E-state index is 9.57. The van der Waals surface area contributed by atoms with Crippen molar-refractivity contribution < 1.29 is 5.11 Å². The molecule has 1 aromatic carbocycles. The molecule has 1 aliphatic carbocycles. The average molecular weight is 205 g/mol.